The van der Waals surface area contributed by atoms with Crippen LogP contribution in [0.4, 0.5) is 10.1 Å². The highest BCUT2D eigenvalue weighted by atomic mass is 19.1. The number of ether oxygens (including phenoxy) is 1. The molecule has 0 radical (unpaired) electrons. The lowest BCUT2D eigenvalue weighted by Gasteiger charge is -2.03. The predicted molar refractivity (Wildman–Crippen MR) is 98.5 cm³/mol. The zero-order valence-electron chi connectivity index (χ0n) is 15.0. The van der Waals surface area contributed by atoms with Crippen molar-refractivity contribution in [3.05, 3.63) is 59.6 Å². The number of nitrogens with one attached hydrogen (secondary N) is 2. The van der Waals surface area contributed by atoms with Crippen molar-refractivity contribution >= 4 is 5.69 Å². The normalized spacial score (nSPS) is 12.3. The number of rotatable bonds is 3. The fourth-order valence-corrected chi connectivity index (χ4v) is 1.79. The second-order valence-electron chi connectivity index (χ2n) is 4.56. The molecule has 0 heterocycles. The molecule has 2 rings (SSSR count). The van der Waals surface area contributed by atoms with Crippen molar-refractivity contribution in [1.82, 2.24) is 5.32 Å². The largest absolute Gasteiger partial charge is 0.494 e. The first-order chi connectivity index (χ1) is 11.1. The third-order valence-corrected chi connectivity index (χ3v) is 3.00. The van der Waals surface area contributed by atoms with Crippen LogP contribution in [0.3, 0.4) is 0 Å². The highest BCUT2D eigenvalue weighted by molar-refractivity contribution is 5.48. The number of halogens is 1. The second kappa shape index (κ2) is 12.3. The molecular weight excluding hydrogens is 291 g/mol. The Morgan fingerprint density at radius 3 is 2.39 bits per heavy atom. The summed E-state index contributed by atoms with van der Waals surface area (Å²) < 4.78 is 17.5. The van der Waals surface area contributed by atoms with Gasteiger partial charge in [0.2, 0.25) is 0 Å². The van der Waals surface area contributed by atoms with Crippen LogP contribution in [-0.4, -0.2) is 21.2 Å². The van der Waals surface area contributed by atoms with Gasteiger partial charge >= 0.3 is 0 Å². The van der Waals surface area contributed by atoms with E-state index in [0.29, 0.717) is 0 Å². The van der Waals surface area contributed by atoms with Gasteiger partial charge in [-0.25, -0.2) is 4.39 Å². The number of hydrogen-bond donors (Lipinski definition) is 2. The van der Waals surface area contributed by atoms with Crippen molar-refractivity contribution in [3.63, 3.8) is 0 Å². The average molecular weight is 320 g/mol. The van der Waals surface area contributed by atoms with Gasteiger partial charge in [0, 0.05) is 38.0 Å². The molecule has 0 saturated heterocycles. The summed E-state index contributed by atoms with van der Waals surface area (Å²) in [6.07, 6.45) is 9.55. The lowest BCUT2D eigenvalue weighted by Crippen LogP contribution is -2.04. The summed E-state index contributed by atoms with van der Waals surface area (Å²) >= 11 is 0. The molecule has 1 aromatic rings. The second-order valence-corrected chi connectivity index (χ2v) is 4.56. The molecule has 4 heteroatoms. The van der Waals surface area contributed by atoms with Crippen LogP contribution < -0.4 is 15.4 Å². The van der Waals surface area contributed by atoms with Crippen molar-refractivity contribution in [2.45, 2.75) is 27.2 Å². The van der Waals surface area contributed by atoms with E-state index < -0.39 is 0 Å². The molecule has 1 aliphatic carbocycles. The Morgan fingerprint density at radius 2 is 1.83 bits per heavy atom. The van der Waals surface area contributed by atoms with E-state index in [1.54, 1.807) is 19.2 Å². The summed E-state index contributed by atoms with van der Waals surface area (Å²) in [4.78, 5) is 0. The number of benzene rings is 1. The van der Waals surface area contributed by atoms with Gasteiger partial charge in [-0.15, -0.1) is 0 Å². The van der Waals surface area contributed by atoms with E-state index in [2.05, 4.69) is 41.9 Å². The monoisotopic (exact) mass is 320 g/mol. The van der Waals surface area contributed by atoms with Crippen LogP contribution in [0.1, 0.15) is 27.2 Å². The summed E-state index contributed by atoms with van der Waals surface area (Å²) in [7, 11) is 5.17. The SMILES string of the molecule is CC.CNC1=CC(C)=CC=CC1.CNc1ccc(F)c(OC)c1. The molecule has 0 saturated carbocycles. The van der Waals surface area contributed by atoms with Gasteiger partial charge in [0.25, 0.3) is 0 Å². The minimum atomic E-state index is -0.341. The molecule has 0 unspecified atom stereocenters. The molecule has 0 aliphatic heterocycles. The van der Waals surface area contributed by atoms with E-state index in [1.807, 2.05) is 20.9 Å². The maximum atomic E-state index is 12.8. The van der Waals surface area contributed by atoms with Gasteiger partial charge in [0.05, 0.1) is 7.11 Å². The first-order valence-corrected chi connectivity index (χ1v) is 7.83. The molecule has 0 amide bonds. The van der Waals surface area contributed by atoms with Crippen LogP contribution >= 0.6 is 0 Å². The van der Waals surface area contributed by atoms with Gasteiger partial charge in [0.1, 0.15) is 0 Å². The number of hydrogen-bond acceptors (Lipinski definition) is 3. The Hall–Kier alpha value is -2.23. The summed E-state index contributed by atoms with van der Waals surface area (Å²) in [5.41, 5.74) is 3.42. The zero-order chi connectivity index (χ0) is 17.7. The minimum absolute atomic E-state index is 0.261. The zero-order valence-corrected chi connectivity index (χ0v) is 15.0. The Labute approximate surface area is 139 Å². The fourth-order valence-electron chi connectivity index (χ4n) is 1.79. The van der Waals surface area contributed by atoms with Crippen molar-refractivity contribution in [3.8, 4) is 5.75 Å². The molecule has 0 atom stereocenters. The van der Waals surface area contributed by atoms with Crippen LogP contribution in [0.25, 0.3) is 0 Å². The molecule has 0 aromatic heterocycles. The molecule has 1 aliphatic rings. The van der Waals surface area contributed by atoms with Crippen LogP contribution in [0, 0.1) is 5.82 Å². The highest BCUT2D eigenvalue weighted by Gasteiger charge is 2.00. The van der Waals surface area contributed by atoms with Crippen LogP contribution in [0.15, 0.2) is 53.8 Å². The van der Waals surface area contributed by atoms with Crippen molar-refractivity contribution in [1.29, 1.82) is 0 Å². The summed E-state index contributed by atoms with van der Waals surface area (Å²) in [5.74, 6) is -0.0802. The van der Waals surface area contributed by atoms with Gasteiger partial charge in [-0.3, -0.25) is 0 Å². The molecule has 0 bridgehead atoms. The minimum Gasteiger partial charge on any atom is -0.494 e. The van der Waals surface area contributed by atoms with E-state index >= 15 is 0 Å². The van der Waals surface area contributed by atoms with Crippen molar-refractivity contribution < 1.29 is 9.13 Å². The van der Waals surface area contributed by atoms with Gasteiger partial charge in [-0.05, 0) is 30.7 Å². The standard InChI is InChI=1S/C9H13N.C8H10FNO.C2H6/c1-8-5-3-4-6-9(7-8)10-2;1-10-6-3-4-7(9)8(5-6)11-2;1-2/h3-5,7,10H,6H2,1-2H3;3-5,10H,1-2H3;1-2H3. The third-order valence-electron chi connectivity index (χ3n) is 3.00. The lowest BCUT2D eigenvalue weighted by molar-refractivity contribution is 0.387. The number of allylic oxidation sites excluding steroid dienone is 5. The van der Waals surface area contributed by atoms with Crippen LogP contribution in [0.5, 0.6) is 5.75 Å². The smallest absolute Gasteiger partial charge is 0.165 e. The van der Waals surface area contributed by atoms with E-state index in [9.17, 15) is 4.39 Å². The summed E-state index contributed by atoms with van der Waals surface area (Å²) in [6.45, 7) is 6.10. The number of methoxy groups -OCH3 is 1. The average Bonchev–Trinajstić information content (AvgIpc) is 2.81. The van der Waals surface area contributed by atoms with E-state index in [1.165, 1.54) is 24.4 Å². The molecule has 2 N–H and O–H groups in total. The maximum absolute atomic E-state index is 12.8. The molecule has 23 heavy (non-hydrogen) atoms. The highest BCUT2D eigenvalue weighted by Crippen LogP contribution is 2.20. The fraction of sp³-hybridized carbons (Fsp3) is 0.368. The van der Waals surface area contributed by atoms with E-state index in [0.717, 1.165) is 12.1 Å². The number of anilines is 1. The van der Waals surface area contributed by atoms with Gasteiger partial charge in [-0.1, -0.05) is 32.1 Å². The molecule has 0 spiro atoms. The molecule has 3 nitrogen and oxygen atoms in total. The van der Waals surface area contributed by atoms with E-state index in [4.69, 9.17) is 4.74 Å². The van der Waals surface area contributed by atoms with Crippen LogP contribution in [0.2, 0.25) is 0 Å². The van der Waals surface area contributed by atoms with Gasteiger partial charge in [-0.2, -0.15) is 0 Å². The summed E-state index contributed by atoms with van der Waals surface area (Å²) in [6, 6.07) is 4.62. The summed E-state index contributed by atoms with van der Waals surface area (Å²) in [5, 5.41) is 6.03. The van der Waals surface area contributed by atoms with Crippen molar-refractivity contribution in [2.24, 2.45) is 0 Å². The third kappa shape index (κ3) is 8.10. The first kappa shape index (κ1) is 20.8. The first-order valence-electron chi connectivity index (χ1n) is 7.83. The maximum Gasteiger partial charge on any atom is 0.165 e. The topological polar surface area (TPSA) is 33.3 Å². The predicted octanol–water partition coefficient (Wildman–Crippen LogP) is 4.90. The van der Waals surface area contributed by atoms with Crippen molar-refractivity contribution in [2.75, 3.05) is 26.5 Å². The Kier molecular flexibility index (Phi) is 11.1. The molecular formula is C19H29FN2O. The van der Waals surface area contributed by atoms with E-state index in [-0.39, 0.29) is 11.6 Å². The van der Waals surface area contributed by atoms with Crippen LogP contribution in [-0.2, 0) is 0 Å². The quantitative estimate of drug-likeness (QED) is 0.831. The van der Waals surface area contributed by atoms with Gasteiger partial charge in [0.15, 0.2) is 11.6 Å². The molecule has 0 fully saturated rings. The molecule has 128 valence electrons. The Bertz CT molecular complexity index is 548. The lowest BCUT2D eigenvalue weighted by atomic mass is 10.2. The molecule has 1 aromatic carbocycles. The Balaban J connectivity index is 0.000000381. The van der Waals surface area contributed by atoms with Gasteiger partial charge < -0.3 is 15.4 Å². The Morgan fingerprint density at radius 1 is 1.13 bits per heavy atom.